The lowest BCUT2D eigenvalue weighted by atomic mass is 10.1. The first-order valence-electron chi connectivity index (χ1n) is 4.99. The number of aliphatic hydroxyl groups excluding tert-OH is 1. The SMILES string of the molecule is O=C(NCO)Nc1cc(C(F)(F)F)cc(C(F)(F)F)c1. The molecule has 2 amide bonds. The molecule has 0 unspecified atom stereocenters. The van der Waals surface area contributed by atoms with Crippen molar-refractivity contribution in [1.29, 1.82) is 0 Å². The molecular formula is C10H8F6N2O2. The number of carbonyl (C=O) groups is 1. The second-order valence-corrected chi connectivity index (χ2v) is 3.58. The van der Waals surface area contributed by atoms with E-state index in [9.17, 15) is 31.1 Å². The Kier molecular flexibility index (Phi) is 4.48. The molecule has 3 N–H and O–H groups in total. The van der Waals surface area contributed by atoms with Crippen LogP contribution < -0.4 is 10.6 Å². The maximum absolute atomic E-state index is 12.5. The van der Waals surface area contributed by atoms with E-state index in [1.54, 1.807) is 10.6 Å². The summed E-state index contributed by atoms with van der Waals surface area (Å²) < 4.78 is 74.9. The first-order chi connectivity index (χ1) is 9.04. The average molecular weight is 302 g/mol. The molecule has 0 fully saturated rings. The molecule has 0 heterocycles. The van der Waals surface area contributed by atoms with E-state index in [-0.39, 0.29) is 6.07 Å². The van der Waals surface area contributed by atoms with E-state index in [4.69, 9.17) is 5.11 Å². The van der Waals surface area contributed by atoms with E-state index in [2.05, 4.69) is 0 Å². The lowest BCUT2D eigenvalue weighted by Gasteiger charge is -2.14. The molecule has 1 aromatic carbocycles. The summed E-state index contributed by atoms with van der Waals surface area (Å²) in [7, 11) is 0. The fraction of sp³-hybridized carbons (Fsp3) is 0.300. The Hall–Kier alpha value is -1.97. The smallest absolute Gasteiger partial charge is 0.376 e. The highest BCUT2D eigenvalue weighted by atomic mass is 19.4. The Balaban J connectivity index is 3.21. The van der Waals surface area contributed by atoms with E-state index in [0.717, 1.165) is 0 Å². The van der Waals surface area contributed by atoms with Crippen LogP contribution in [0.5, 0.6) is 0 Å². The van der Waals surface area contributed by atoms with Crippen LogP contribution in [0.15, 0.2) is 18.2 Å². The summed E-state index contributed by atoms with van der Waals surface area (Å²) in [4.78, 5) is 11.0. The number of hydrogen-bond donors (Lipinski definition) is 3. The van der Waals surface area contributed by atoms with Crippen LogP contribution in [0.4, 0.5) is 36.8 Å². The largest absolute Gasteiger partial charge is 0.416 e. The van der Waals surface area contributed by atoms with Gasteiger partial charge in [-0.05, 0) is 18.2 Å². The minimum absolute atomic E-state index is 0.0604. The molecule has 0 bridgehead atoms. The highest BCUT2D eigenvalue weighted by Gasteiger charge is 2.37. The third-order valence-corrected chi connectivity index (χ3v) is 2.09. The van der Waals surface area contributed by atoms with Crippen molar-refractivity contribution in [1.82, 2.24) is 5.32 Å². The second-order valence-electron chi connectivity index (χ2n) is 3.58. The molecule has 0 saturated heterocycles. The van der Waals surface area contributed by atoms with Crippen LogP contribution in [0.25, 0.3) is 0 Å². The Bertz CT molecular complexity index is 465. The summed E-state index contributed by atoms with van der Waals surface area (Å²) in [6.07, 6.45) is -9.99. The molecule has 1 aromatic rings. The third-order valence-electron chi connectivity index (χ3n) is 2.09. The van der Waals surface area contributed by atoms with Gasteiger partial charge in [-0.15, -0.1) is 0 Å². The Labute approximate surface area is 108 Å². The number of rotatable bonds is 2. The lowest BCUT2D eigenvalue weighted by Crippen LogP contribution is -2.29. The van der Waals surface area contributed by atoms with Gasteiger partial charge in [0.1, 0.15) is 6.73 Å². The van der Waals surface area contributed by atoms with E-state index in [0.29, 0.717) is 12.1 Å². The van der Waals surface area contributed by atoms with Gasteiger partial charge in [0.05, 0.1) is 11.1 Å². The molecule has 0 aromatic heterocycles. The lowest BCUT2D eigenvalue weighted by molar-refractivity contribution is -0.143. The molecule has 4 nitrogen and oxygen atoms in total. The van der Waals surface area contributed by atoms with Crippen molar-refractivity contribution < 1.29 is 36.2 Å². The van der Waals surface area contributed by atoms with Crippen LogP contribution in [0.3, 0.4) is 0 Å². The quantitative estimate of drug-likeness (QED) is 0.581. The highest BCUT2D eigenvalue weighted by Crippen LogP contribution is 2.37. The van der Waals surface area contributed by atoms with Gasteiger partial charge in [-0.2, -0.15) is 26.3 Å². The van der Waals surface area contributed by atoms with Gasteiger partial charge in [-0.1, -0.05) is 0 Å². The summed E-state index contributed by atoms with van der Waals surface area (Å²) in [6.45, 7) is -0.822. The molecule has 0 aliphatic carbocycles. The maximum atomic E-state index is 12.5. The molecule has 20 heavy (non-hydrogen) atoms. The summed E-state index contributed by atoms with van der Waals surface area (Å²) in [6, 6.07) is -0.493. The second kappa shape index (κ2) is 5.57. The zero-order valence-electron chi connectivity index (χ0n) is 9.56. The van der Waals surface area contributed by atoms with Gasteiger partial charge in [-0.3, -0.25) is 0 Å². The van der Waals surface area contributed by atoms with E-state index in [1.807, 2.05) is 0 Å². The van der Waals surface area contributed by atoms with Gasteiger partial charge in [0.15, 0.2) is 0 Å². The Morgan fingerprint density at radius 2 is 1.45 bits per heavy atom. The fourth-order valence-electron chi connectivity index (χ4n) is 1.27. The molecule has 112 valence electrons. The van der Waals surface area contributed by atoms with Crippen molar-refractivity contribution in [3.63, 3.8) is 0 Å². The summed E-state index contributed by atoms with van der Waals surface area (Å²) >= 11 is 0. The molecular weight excluding hydrogens is 294 g/mol. The van der Waals surface area contributed by atoms with E-state index >= 15 is 0 Å². The van der Waals surface area contributed by atoms with Crippen molar-refractivity contribution >= 4 is 11.7 Å². The van der Waals surface area contributed by atoms with Crippen molar-refractivity contribution in [3.8, 4) is 0 Å². The van der Waals surface area contributed by atoms with Crippen molar-refractivity contribution in [2.45, 2.75) is 12.4 Å². The van der Waals surface area contributed by atoms with Crippen molar-refractivity contribution in [2.75, 3.05) is 12.0 Å². The van der Waals surface area contributed by atoms with Crippen LogP contribution in [0.2, 0.25) is 0 Å². The predicted octanol–water partition coefficient (Wildman–Crippen LogP) is 2.80. The van der Waals surface area contributed by atoms with Crippen LogP contribution in [-0.4, -0.2) is 17.9 Å². The van der Waals surface area contributed by atoms with Gasteiger partial charge >= 0.3 is 18.4 Å². The fourth-order valence-corrected chi connectivity index (χ4v) is 1.27. The van der Waals surface area contributed by atoms with E-state index < -0.39 is 41.9 Å². The number of carbonyl (C=O) groups excluding carboxylic acids is 1. The van der Waals surface area contributed by atoms with Crippen LogP contribution in [0.1, 0.15) is 11.1 Å². The number of nitrogens with one attached hydrogen (secondary N) is 2. The van der Waals surface area contributed by atoms with Crippen molar-refractivity contribution in [2.24, 2.45) is 0 Å². The number of amides is 2. The minimum atomic E-state index is -4.99. The van der Waals surface area contributed by atoms with Gasteiger partial charge in [0.2, 0.25) is 0 Å². The number of benzene rings is 1. The predicted molar refractivity (Wildman–Crippen MR) is 55.7 cm³/mol. The zero-order valence-corrected chi connectivity index (χ0v) is 9.56. The highest BCUT2D eigenvalue weighted by molar-refractivity contribution is 5.89. The normalized spacial score (nSPS) is 12.2. The van der Waals surface area contributed by atoms with Crippen LogP contribution in [-0.2, 0) is 12.4 Å². The zero-order chi connectivity index (χ0) is 15.6. The Morgan fingerprint density at radius 1 is 1.00 bits per heavy atom. The monoisotopic (exact) mass is 302 g/mol. The number of aliphatic hydroxyl groups is 1. The number of halogens is 6. The molecule has 10 heteroatoms. The first kappa shape index (κ1) is 16.1. The molecule has 0 aliphatic heterocycles. The minimum Gasteiger partial charge on any atom is -0.376 e. The van der Waals surface area contributed by atoms with E-state index in [1.165, 1.54) is 0 Å². The number of alkyl halides is 6. The van der Waals surface area contributed by atoms with Gasteiger partial charge < -0.3 is 15.7 Å². The number of anilines is 1. The molecule has 0 atom stereocenters. The third kappa shape index (κ3) is 4.30. The molecule has 0 saturated carbocycles. The first-order valence-corrected chi connectivity index (χ1v) is 4.99. The van der Waals surface area contributed by atoms with Crippen LogP contribution in [0, 0.1) is 0 Å². The average Bonchev–Trinajstić information content (AvgIpc) is 2.26. The van der Waals surface area contributed by atoms with Crippen LogP contribution >= 0.6 is 0 Å². The molecule has 0 spiro atoms. The number of urea groups is 1. The van der Waals surface area contributed by atoms with Gasteiger partial charge in [0, 0.05) is 5.69 Å². The standard InChI is InChI=1S/C10H8F6N2O2/c11-9(12,13)5-1-6(10(14,15)16)3-7(2-5)18-8(20)17-4-19/h1-3,19H,4H2,(H2,17,18,20). The molecule has 1 rings (SSSR count). The molecule has 0 radical (unpaired) electrons. The Morgan fingerprint density at radius 3 is 1.80 bits per heavy atom. The maximum Gasteiger partial charge on any atom is 0.416 e. The van der Waals surface area contributed by atoms with Gasteiger partial charge in [0.25, 0.3) is 0 Å². The molecule has 0 aliphatic rings. The number of hydrogen-bond acceptors (Lipinski definition) is 2. The van der Waals surface area contributed by atoms with Crippen molar-refractivity contribution in [3.05, 3.63) is 29.3 Å². The summed E-state index contributed by atoms with van der Waals surface area (Å²) in [5, 5.41) is 11.9. The summed E-state index contributed by atoms with van der Waals surface area (Å²) in [5.41, 5.74) is -3.80. The van der Waals surface area contributed by atoms with Gasteiger partial charge in [-0.25, -0.2) is 4.79 Å². The topological polar surface area (TPSA) is 61.4 Å². The summed E-state index contributed by atoms with van der Waals surface area (Å²) in [5.74, 6) is 0.